The molecule has 0 spiro atoms. The number of ether oxygens (including phenoxy) is 1. The van der Waals surface area contributed by atoms with Crippen molar-refractivity contribution in [3.8, 4) is 5.75 Å². The molecule has 27 heavy (non-hydrogen) atoms. The van der Waals surface area contributed by atoms with Crippen LogP contribution in [0, 0.1) is 13.8 Å². The summed E-state index contributed by atoms with van der Waals surface area (Å²) in [5, 5.41) is 2.69. The molecular weight excluding hydrogens is 432 g/mol. The van der Waals surface area contributed by atoms with Gasteiger partial charge in [0, 0.05) is 4.47 Å². The van der Waals surface area contributed by atoms with Gasteiger partial charge in [0.25, 0.3) is 0 Å². The Morgan fingerprint density at radius 1 is 1.19 bits per heavy atom. The number of hydrogen-bond acceptors (Lipinski definition) is 4. The van der Waals surface area contributed by atoms with E-state index in [-0.39, 0.29) is 13.1 Å². The molecule has 146 valence electrons. The zero-order valence-corrected chi connectivity index (χ0v) is 17.9. The third-order valence-electron chi connectivity index (χ3n) is 3.82. The Hall–Kier alpha value is -2.06. The van der Waals surface area contributed by atoms with Crippen LogP contribution in [-0.4, -0.2) is 40.3 Å². The van der Waals surface area contributed by atoms with Gasteiger partial charge >= 0.3 is 0 Å². The van der Waals surface area contributed by atoms with Gasteiger partial charge in [-0.05, 0) is 53.5 Å². The monoisotopic (exact) mass is 454 g/mol. The van der Waals surface area contributed by atoms with Gasteiger partial charge in [0.2, 0.25) is 15.9 Å². The number of rotatable bonds is 8. The number of para-hydroxylation sites is 1. The van der Waals surface area contributed by atoms with Gasteiger partial charge in [-0.1, -0.05) is 29.8 Å². The highest BCUT2D eigenvalue weighted by Crippen LogP contribution is 2.27. The number of nitrogens with zero attached hydrogens (tertiary/aromatic N) is 1. The maximum atomic E-state index is 12.2. The quantitative estimate of drug-likeness (QED) is 0.621. The lowest BCUT2D eigenvalue weighted by Crippen LogP contribution is -2.41. The lowest BCUT2D eigenvalue weighted by Gasteiger charge is -2.23. The highest BCUT2D eigenvalue weighted by Gasteiger charge is 2.22. The molecule has 1 amide bonds. The molecule has 8 heteroatoms. The van der Waals surface area contributed by atoms with E-state index in [0.717, 1.165) is 27.4 Å². The average molecular weight is 455 g/mol. The molecule has 0 unspecified atom stereocenters. The van der Waals surface area contributed by atoms with Gasteiger partial charge < -0.3 is 10.1 Å². The van der Waals surface area contributed by atoms with E-state index in [2.05, 4.69) is 21.2 Å². The number of carbonyl (C=O) groups excluding carboxylic acids is 1. The van der Waals surface area contributed by atoms with Crippen LogP contribution in [0.4, 0.5) is 5.69 Å². The molecule has 2 rings (SSSR count). The van der Waals surface area contributed by atoms with Gasteiger partial charge in [-0.25, -0.2) is 8.42 Å². The normalized spacial score (nSPS) is 11.1. The van der Waals surface area contributed by atoms with E-state index < -0.39 is 15.9 Å². The molecule has 0 fully saturated rings. The number of amides is 1. The largest absolute Gasteiger partial charge is 0.491 e. The number of carbonyl (C=O) groups is 1. The summed E-state index contributed by atoms with van der Waals surface area (Å²) in [5.74, 6) is 0.362. The van der Waals surface area contributed by atoms with Gasteiger partial charge in [-0.2, -0.15) is 0 Å². The van der Waals surface area contributed by atoms with Crippen LogP contribution in [0.25, 0.3) is 0 Å². The fraction of sp³-hybridized carbons (Fsp3) is 0.316. The first-order chi connectivity index (χ1) is 12.7. The summed E-state index contributed by atoms with van der Waals surface area (Å²) in [7, 11) is -3.61. The van der Waals surface area contributed by atoms with Crippen LogP contribution in [0.5, 0.6) is 5.75 Å². The molecule has 2 aromatic carbocycles. The van der Waals surface area contributed by atoms with Crippen LogP contribution < -0.4 is 14.4 Å². The van der Waals surface area contributed by atoms with Gasteiger partial charge in [0.1, 0.15) is 18.9 Å². The molecule has 1 N–H and O–H groups in total. The van der Waals surface area contributed by atoms with Crippen LogP contribution in [0.15, 0.2) is 46.9 Å². The second-order valence-electron chi connectivity index (χ2n) is 6.19. The van der Waals surface area contributed by atoms with E-state index in [0.29, 0.717) is 16.8 Å². The smallest absolute Gasteiger partial charge is 0.240 e. The van der Waals surface area contributed by atoms with E-state index in [9.17, 15) is 13.2 Å². The van der Waals surface area contributed by atoms with Crippen LogP contribution in [0.1, 0.15) is 11.1 Å². The second-order valence-corrected chi connectivity index (χ2v) is 8.95. The van der Waals surface area contributed by atoms with Crippen LogP contribution in [-0.2, 0) is 14.8 Å². The van der Waals surface area contributed by atoms with Crippen LogP contribution >= 0.6 is 15.9 Å². The second kappa shape index (κ2) is 9.23. The molecule has 6 nitrogen and oxygen atoms in total. The first-order valence-corrected chi connectivity index (χ1v) is 11.0. The third kappa shape index (κ3) is 6.25. The Kier molecular flexibility index (Phi) is 7.26. The summed E-state index contributed by atoms with van der Waals surface area (Å²) in [4.78, 5) is 12.2. The highest BCUT2D eigenvalue weighted by molar-refractivity contribution is 9.10. The zero-order chi connectivity index (χ0) is 20.0. The highest BCUT2D eigenvalue weighted by atomic mass is 79.9. The first-order valence-electron chi connectivity index (χ1n) is 8.37. The molecule has 0 heterocycles. The van der Waals surface area contributed by atoms with E-state index in [1.807, 2.05) is 32.0 Å². The molecular formula is C19H23BrN2O4S. The predicted molar refractivity (Wildman–Crippen MR) is 111 cm³/mol. The van der Waals surface area contributed by atoms with Crippen molar-refractivity contribution in [2.75, 3.05) is 30.3 Å². The molecule has 0 radical (unpaired) electrons. The molecule has 0 saturated heterocycles. The number of benzene rings is 2. The van der Waals surface area contributed by atoms with E-state index >= 15 is 0 Å². The average Bonchev–Trinajstić information content (AvgIpc) is 2.58. The summed E-state index contributed by atoms with van der Waals surface area (Å²) >= 11 is 3.32. The molecule has 0 aliphatic rings. The topological polar surface area (TPSA) is 75.7 Å². The number of anilines is 1. The Morgan fingerprint density at radius 2 is 1.89 bits per heavy atom. The third-order valence-corrected chi connectivity index (χ3v) is 5.62. The Labute approximate surface area is 168 Å². The van der Waals surface area contributed by atoms with Crippen molar-refractivity contribution in [3.05, 3.63) is 58.1 Å². The number of hydrogen-bond donors (Lipinski definition) is 1. The number of sulfonamides is 1. The Morgan fingerprint density at radius 3 is 2.52 bits per heavy atom. The van der Waals surface area contributed by atoms with Crippen molar-refractivity contribution < 1.29 is 17.9 Å². The maximum Gasteiger partial charge on any atom is 0.240 e. The van der Waals surface area contributed by atoms with E-state index in [1.54, 1.807) is 24.3 Å². The van der Waals surface area contributed by atoms with Crippen LogP contribution in [0.3, 0.4) is 0 Å². The minimum atomic E-state index is -3.61. The van der Waals surface area contributed by atoms with Crippen molar-refractivity contribution in [2.24, 2.45) is 0 Å². The van der Waals surface area contributed by atoms with E-state index in [4.69, 9.17) is 4.74 Å². The molecule has 0 saturated carbocycles. The van der Waals surface area contributed by atoms with Crippen LogP contribution in [0.2, 0.25) is 0 Å². The number of aryl methyl sites for hydroxylation is 2. The lowest BCUT2D eigenvalue weighted by atomic mass is 10.1. The van der Waals surface area contributed by atoms with Crippen molar-refractivity contribution in [2.45, 2.75) is 13.8 Å². The van der Waals surface area contributed by atoms with Crippen molar-refractivity contribution in [3.63, 3.8) is 0 Å². The first kappa shape index (κ1) is 21.2. The van der Waals surface area contributed by atoms with Gasteiger partial charge in [-0.15, -0.1) is 0 Å². The lowest BCUT2D eigenvalue weighted by molar-refractivity contribution is -0.119. The zero-order valence-electron chi connectivity index (χ0n) is 15.5. The van der Waals surface area contributed by atoms with Gasteiger partial charge in [0.15, 0.2) is 0 Å². The molecule has 0 atom stereocenters. The van der Waals surface area contributed by atoms with Crippen molar-refractivity contribution in [1.82, 2.24) is 5.32 Å². The van der Waals surface area contributed by atoms with E-state index in [1.165, 1.54) is 0 Å². The maximum absolute atomic E-state index is 12.2. The fourth-order valence-electron chi connectivity index (χ4n) is 2.53. The minimum absolute atomic E-state index is 0.277. The SMILES string of the molecule is Cc1ccc(OCCNC(=O)CN(c2ccccc2Br)S(C)(=O)=O)c(C)c1. The standard InChI is InChI=1S/C19H23BrN2O4S/c1-14-8-9-18(15(2)12-14)26-11-10-21-19(23)13-22(27(3,24)25)17-7-5-4-6-16(17)20/h4-9,12H,10-11,13H2,1-3H3,(H,21,23). The summed E-state index contributed by atoms with van der Waals surface area (Å²) in [6.45, 7) is 4.24. The Bertz CT molecular complexity index is 916. The number of nitrogens with one attached hydrogen (secondary N) is 1. The summed E-state index contributed by atoms with van der Waals surface area (Å²) in [6, 6.07) is 12.7. The molecule has 2 aromatic rings. The molecule has 0 aliphatic carbocycles. The van der Waals surface area contributed by atoms with Gasteiger partial charge in [0.05, 0.1) is 18.5 Å². The van der Waals surface area contributed by atoms with Gasteiger partial charge in [-0.3, -0.25) is 9.10 Å². The summed E-state index contributed by atoms with van der Waals surface area (Å²) in [6.07, 6.45) is 1.07. The summed E-state index contributed by atoms with van der Waals surface area (Å²) in [5.41, 5.74) is 2.60. The molecule has 0 bridgehead atoms. The molecule has 0 aromatic heterocycles. The summed E-state index contributed by atoms with van der Waals surface area (Å²) < 4.78 is 31.5. The predicted octanol–water partition coefficient (Wildman–Crippen LogP) is 3.03. The molecule has 0 aliphatic heterocycles. The Balaban J connectivity index is 1.92. The van der Waals surface area contributed by atoms with Crippen molar-refractivity contribution in [1.29, 1.82) is 0 Å². The van der Waals surface area contributed by atoms with Crippen molar-refractivity contribution >= 4 is 37.5 Å². The fourth-order valence-corrected chi connectivity index (χ4v) is 4.02. The number of halogens is 1. The minimum Gasteiger partial charge on any atom is -0.491 e.